The Morgan fingerprint density at radius 3 is 2.51 bits per heavy atom. The summed E-state index contributed by atoms with van der Waals surface area (Å²) in [7, 11) is 3.65. The second-order valence-corrected chi connectivity index (χ2v) is 9.64. The fourth-order valence-corrected chi connectivity index (χ4v) is 4.45. The van der Waals surface area contributed by atoms with Crippen molar-refractivity contribution in [2.24, 2.45) is 0 Å². The van der Waals surface area contributed by atoms with E-state index in [2.05, 4.69) is 17.3 Å². The summed E-state index contributed by atoms with van der Waals surface area (Å²) in [5.41, 5.74) is 2.47. The van der Waals surface area contributed by atoms with Crippen LogP contribution in [-0.2, 0) is 6.54 Å². The summed E-state index contributed by atoms with van der Waals surface area (Å²) in [4.78, 5) is 26.1. The molecule has 1 N–H and O–H groups in total. The summed E-state index contributed by atoms with van der Waals surface area (Å²) in [6, 6.07) is 24.1. The number of carbonyl (C=O) groups excluding carboxylic acids is 1. The molecule has 0 bridgehead atoms. The largest absolute Gasteiger partial charge is 0.494 e. The SMILES string of the molecule is CNC(=O)Oc1cccc(CN(C)CCCCCCCOc2cccc(-c3cc(=O)c4ccccc4o3)c2)c1. The van der Waals surface area contributed by atoms with Crippen molar-refractivity contribution < 1.29 is 18.7 Å². The second-order valence-electron chi connectivity index (χ2n) is 9.64. The Morgan fingerprint density at radius 1 is 0.872 bits per heavy atom. The molecule has 0 atom stereocenters. The monoisotopic (exact) mass is 528 g/mol. The minimum absolute atomic E-state index is 0.0500. The third-order valence-corrected chi connectivity index (χ3v) is 6.47. The van der Waals surface area contributed by atoms with Gasteiger partial charge in [0.05, 0.1) is 12.0 Å². The molecule has 0 unspecified atom stereocenters. The Balaban J connectivity index is 1.13. The maximum Gasteiger partial charge on any atom is 0.412 e. The van der Waals surface area contributed by atoms with E-state index in [1.54, 1.807) is 19.2 Å². The molecule has 0 spiro atoms. The Hall–Kier alpha value is -4.10. The number of hydrogen-bond acceptors (Lipinski definition) is 6. The number of nitrogens with one attached hydrogen (secondary N) is 1. The first kappa shape index (κ1) is 27.9. The first-order valence-corrected chi connectivity index (χ1v) is 13.4. The van der Waals surface area contributed by atoms with Crippen molar-refractivity contribution >= 4 is 17.1 Å². The second kappa shape index (κ2) is 14.2. The normalized spacial score (nSPS) is 11.1. The zero-order valence-corrected chi connectivity index (χ0v) is 22.7. The van der Waals surface area contributed by atoms with Gasteiger partial charge in [0, 0.05) is 25.2 Å². The van der Waals surface area contributed by atoms with E-state index in [4.69, 9.17) is 13.9 Å². The smallest absolute Gasteiger partial charge is 0.412 e. The lowest BCUT2D eigenvalue weighted by atomic mass is 10.1. The summed E-state index contributed by atoms with van der Waals surface area (Å²) in [5, 5.41) is 3.04. The van der Waals surface area contributed by atoms with Crippen molar-refractivity contribution in [3.63, 3.8) is 0 Å². The summed E-state index contributed by atoms with van der Waals surface area (Å²) in [6.45, 7) is 2.47. The zero-order chi connectivity index (χ0) is 27.5. The van der Waals surface area contributed by atoms with E-state index in [0.29, 0.717) is 29.1 Å². The van der Waals surface area contributed by atoms with Crippen molar-refractivity contribution in [3.8, 4) is 22.8 Å². The van der Waals surface area contributed by atoms with Gasteiger partial charge < -0.3 is 24.1 Å². The molecule has 3 aromatic carbocycles. The highest BCUT2D eigenvalue weighted by Crippen LogP contribution is 2.25. The number of ether oxygens (including phenoxy) is 2. The Bertz CT molecular complexity index is 1430. The molecule has 1 aromatic heterocycles. The topological polar surface area (TPSA) is 81.0 Å². The Morgan fingerprint density at radius 2 is 1.64 bits per heavy atom. The molecule has 4 rings (SSSR count). The van der Waals surface area contributed by atoms with Crippen LogP contribution in [0.2, 0.25) is 0 Å². The fourth-order valence-electron chi connectivity index (χ4n) is 4.45. The molecule has 0 saturated heterocycles. The Labute approximate surface area is 229 Å². The summed E-state index contributed by atoms with van der Waals surface area (Å²) < 4.78 is 17.1. The van der Waals surface area contributed by atoms with Crippen LogP contribution in [0.15, 0.2) is 88.1 Å². The number of nitrogens with zero attached hydrogens (tertiary/aromatic N) is 1. The maximum absolute atomic E-state index is 12.4. The minimum atomic E-state index is -0.463. The molecule has 7 heteroatoms. The number of hydrogen-bond donors (Lipinski definition) is 1. The van der Waals surface area contributed by atoms with Crippen LogP contribution >= 0.6 is 0 Å². The van der Waals surface area contributed by atoms with Crippen LogP contribution in [0.1, 0.15) is 37.7 Å². The van der Waals surface area contributed by atoms with Crippen LogP contribution in [0.25, 0.3) is 22.3 Å². The van der Waals surface area contributed by atoms with Crippen LogP contribution < -0.4 is 20.2 Å². The Kier molecular flexibility index (Phi) is 10.1. The van der Waals surface area contributed by atoms with E-state index in [1.165, 1.54) is 12.5 Å². The average molecular weight is 529 g/mol. The zero-order valence-electron chi connectivity index (χ0n) is 22.7. The van der Waals surface area contributed by atoms with Crippen molar-refractivity contribution in [1.82, 2.24) is 10.2 Å². The third-order valence-electron chi connectivity index (χ3n) is 6.47. The molecule has 1 heterocycles. The van der Waals surface area contributed by atoms with E-state index in [-0.39, 0.29) is 5.43 Å². The fraction of sp³-hybridized carbons (Fsp3) is 0.312. The van der Waals surface area contributed by atoms with Gasteiger partial charge in [-0.3, -0.25) is 4.79 Å². The molecule has 0 saturated carbocycles. The highest BCUT2D eigenvalue weighted by molar-refractivity contribution is 5.78. The van der Waals surface area contributed by atoms with Gasteiger partial charge in [-0.15, -0.1) is 0 Å². The van der Waals surface area contributed by atoms with Gasteiger partial charge in [0.15, 0.2) is 5.43 Å². The molecule has 0 aliphatic carbocycles. The first-order chi connectivity index (χ1) is 19.0. The van der Waals surface area contributed by atoms with E-state index in [9.17, 15) is 9.59 Å². The molecule has 0 radical (unpaired) electrons. The molecule has 1 amide bonds. The number of rotatable bonds is 13. The molecule has 39 heavy (non-hydrogen) atoms. The van der Waals surface area contributed by atoms with Crippen LogP contribution in [0.4, 0.5) is 4.79 Å². The predicted octanol–water partition coefficient (Wildman–Crippen LogP) is 6.64. The number of fused-ring (bicyclic) bond motifs is 1. The van der Waals surface area contributed by atoms with Gasteiger partial charge >= 0.3 is 6.09 Å². The van der Waals surface area contributed by atoms with Crippen LogP contribution in [0.5, 0.6) is 11.5 Å². The molecule has 0 aliphatic rings. The number of carbonyl (C=O) groups is 1. The van der Waals surface area contributed by atoms with Gasteiger partial charge in [-0.05, 0) is 68.4 Å². The van der Waals surface area contributed by atoms with Gasteiger partial charge in [-0.2, -0.15) is 0 Å². The van der Waals surface area contributed by atoms with Gasteiger partial charge in [0.1, 0.15) is 22.8 Å². The van der Waals surface area contributed by atoms with Crippen LogP contribution in [0, 0.1) is 0 Å². The number of unbranched alkanes of at least 4 members (excludes halogenated alkanes) is 4. The van der Waals surface area contributed by atoms with Gasteiger partial charge in [0.25, 0.3) is 0 Å². The number of amides is 1. The van der Waals surface area contributed by atoms with E-state index >= 15 is 0 Å². The van der Waals surface area contributed by atoms with Crippen molar-refractivity contribution in [2.45, 2.75) is 38.6 Å². The quantitative estimate of drug-likeness (QED) is 0.196. The summed E-state index contributed by atoms with van der Waals surface area (Å²) in [6.07, 6.45) is 5.10. The van der Waals surface area contributed by atoms with Gasteiger partial charge in [-0.25, -0.2) is 4.79 Å². The molecule has 0 fully saturated rings. The number of para-hydroxylation sites is 1. The van der Waals surface area contributed by atoms with Gasteiger partial charge in [-0.1, -0.05) is 55.7 Å². The maximum atomic E-state index is 12.4. The van der Waals surface area contributed by atoms with Crippen molar-refractivity contribution in [3.05, 3.63) is 94.6 Å². The number of benzene rings is 3. The van der Waals surface area contributed by atoms with Crippen molar-refractivity contribution in [1.29, 1.82) is 0 Å². The summed E-state index contributed by atoms with van der Waals surface area (Å²) in [5.74, 6) is 1.86. The lowest BCUT2D eigenvalue weighted by molar-refractivity contribution is 0.203. The van der Waals surface area contributed by atoms with E-state index in [1.807, 2.05) is 60.7 Å². The van der Waals surface area contributed by atoms with Crippen LogP contribution in [-0.4, -0.2) is 38.2 Å². The molecule has 4 aromatic rings. The molecule has 7 nitrogen and oxygen atoms in total. The molecular formula is C32H36N2O5. The lowest BCUT2D eigenvalue weighted by Gasteiger charge is -2.17. The highest BCUT2D eigenvalue weighted by atomic mass is 16.6. The molecule has 0 aliphatic heterocycles. The highest BCUT2D eigenvalue weighted by Gasteiger charge is 2.08. The van der Waals surface area contributed by atoms with Gasteiger partial charge in [0.2, 0.25) is 0 Å². The molecular weight excluding hydrogens is 492 g/mol. The van der Waals surface area contributed by atoms with Crippen molar-refractivity contribution in [2.75, 3.05) is 27.2 Å². The lowest BCUT2D eigenvalue weighted by Crippen LogP contribution is -2.22. The minimum Gasteiger partial charge on any atom is -0.494 e. The first-order valence-electron chi connectivity index (χ1n) is 13.4. The third kappa shape index (κ3) is 8.45. The summed E-state index contributed by atoms with van der Waals surface area (Å²) >= 11 is 0. The standard InChI is InChI=1S/C32H36N2O5/c1-33-32(36)38-27-15-10-12-24(20-27)23-34(2)18-8-4-3-5-9-19-37-26-14-11-13-25(21-26)31-22-29(35)28-16-6-7-17-30(28)39-31/h6-7,10-17,20-22H,3-5,8-9,18-19,23H2,1-2H3,(H,33,36). The van der Waals surface area contributed by atoms with E-state index in [0.717, 1.165) is 55.6 Å². The molecule has 204 valence electrons. The average Bonchev–Trinajstić information content (AvgIpc) is 2.94. The van der Waals surface area contributed by atoms with Crippen LogP contribution in [0.3, 0.4) is 0 Å². The predicted molar refractivity (Wildman–Crippen MR) is 154 cm³/mol. The van der Waals surface area contributed by atoms with E-state index < -0.39 is 6.09 Å².